The summed E-state index contributed by atoms with van der Waals surface area (Å²) in [6.45, 7) is 7.19. The van der Waals surface area contributed by atoms with E-state index in [1.807, 2.05) is 26.0 Å². The zero-order chi connectivity index (χ0) is 15.9. The molecule has 128 valence electrons. The molecule has 0 bridgehead atoms. The van der Waals surface area contributed by atoms with E-state index in [2.05, 4.69) is 10.6 Å². The highest BCUT2D eigenvalue weighted by atomic mass is 35.5. The predicted molar refractivity (Wildman–Crippen MR) is 95.2 cm³/mol. The molecule has 0 aliphatic carbocycles. The van der Waals surface area contributed by atoms with Gasteiger partial charge in [0.15, 0.2) is 0 Å². The minimum atomic E-state index is 0. The third-order valence-electron chi connectivity index (χ3n) is 4.08. The maximum absolute atomic E-state index is 12.3. The van der Waals surface area contributed by atoms with Crippen molar-refractivity contribution >= 4 is 29.9 Å². The number of benzene rings is 1. The number of carbonyl (C=O) groups is 2. The zero-order valence-corrected chi connectivity index (χ0v) is 14.6. The van der Waals surface area contributed by atoms with Crippen LogP contribution in [0.25, 0.3) is 0 Å². The molecule has 1 aliphatic heterocycles. The van der Waals surface area contributed by atoms with Crippen LogP contribution in [0.3, 0.4) is 0 Å². The Balaban J connectivity index is 0.00000264. The fraction of sp³-hybridized carbons (Fsp3) is 0.529. The van der Waals surface area contributed by atoms with Crippen LogP contribution in [0.5, 0.6) is 0 Å². The number of amides is 2. The van der Waals surface area contributed by atoms with Crippen molar-refractivity contribution in [3.05, 3.63) is 29.8 Å². The summed E-state index contributed by atoms with van der Waals surface area (Å²) in [5.74, 6) is 0.433. The molecule has 2 amide bonds. The lowest BCUT2D eigenvalue weighted by molar-refractivity contribution is -0.116. The summed E-state index contributed by atoms with van der Waals surface area (Å²) in [7, 11) is 0. The molecular weight excluding hydrogens is 314 g/mol. The summed E-state index contributed by atoms with van der Waals surface area (Å²) in [5, 5.41) is 6.16. The Morgan fingerprint density at radius 1 is 1.30 bits per heavy atom. The van der Waals surface area contributed by atoms with Crippen LogP contribution in [0.2, 0.25) is 0 Å². The average Bonchev–Trinajstić information content (AvgIpc) is 3.01. The summed E-state index contributed by atoms with van der Waals surface area (Å²) in [6.07, 6.45) is 1.58. The van der Waals surface area contributed by atoms with Gasteiger partial charge in [-0.05, 0) is 57.5 Å². The Kier molecular flexibility index (Phi) is 8.06. The summed E-state index contributed by atoms with van der Waals surface area (Å²) in [4.78, 5) is 26.2. The highest BCUT2D eigenvalue weighted by Gasteiger charge is 2.18. The maximum atomic E-state index is 12.3. The summed E-state index contributed by atoms with van der Waals surface area (Å²) >= 11 is 0. The molecule has 2 rings (SSSR count). The first-order valence-electron chi connectivity index (χ1n) is 8.04. The molecule has 0 radical (unpaired) electrons. The van der Waals surface area contributed by atoms with Crippen molar-refractivity contribution in [3.63, 3.8) is 0 Å². The lowest BCUT2D eigenvalue weighted by Crippen LogP contribution is -2.30. The van der Waals surface area contributed by atoms with Gasteiger partial charge in [-0.3, -0.25) is 9.59 Å². The first-order valence-corrected chi connectivity index (χ1v) is 8.04. The number of halogens is 1. The Labute approximate surface area is 144 Å². The largest absolute Gasteiger partial charge is 0.339 e. The van der Waals surface area contributed by atoms with E-state index in [0.29, 0.717) is 36.7 Å². The SMILES string of the molecule is CCN(CC)C(=O)c1cccc(NC(=O)CC2CCNC2)c1.Cl. The smallest absolute Gasteiger partial charge is 0.253 e. The van der Waals surface area contributed by atoms with Crippen molar-refractivity contribution in [2.45, 2.75) is 26.7 Å². The molecule has 1 atom stereocenters. The second-order valence-electron chi connectivity index (χ2n) is 5.67. The van der Waals surface area contributed by atoms with Gasteiger partial charge in [-0.2, -0.15) is 0 Å². The van der Waals surface area contributed by atoms with E-state index >= 15 is 0 Å². The van der Waals surface area contributed by atoms with Crippen LogP contribution in [0.15, 0.2) is 24.3 Å². The van der Waals surface area contributed by atoms with Crippen molar-refractivity contribution in [1.29, 1.82) is 0 Å². The number of nitrogens with one attached hydrogen (secondary N) is 2. The van der Waals surface area contributed by atoms with Crippen molar-refractivity contribution in [2.75, 3.05) is 31.5 Å². The van der Waals surface area contributed by atoms with Gasteiger partial charge in [0.1, 0.15) is 0 Å². The van der Waals surface area contributed by atoms with Crippen molar-refractivity contribution in [1.82, 2.24) is 10.2 Å². The lowest BCUT2D eigenvalue weighted by atomic mass is 10.0. The van der Waals surface area contributed by atoms with Gasteiger partial charge in [0, 0.05) is 30.8 Å². The molecule has 1 aliphatic rings. The van der Waals surface area contributed by atoms with Gasteiger partial charge in [0.05, 0.1) is 0 Å². The number of hydrogen-bond donors (Lipinski definition) is 2. The summed E-state index contributed by atoms with van der Waals surface area (Å²) < 4.78 is 0. The predicted octanol–water partition coefficient (Wildman–Crippen LogP) is 2.53. The van der Waals surface area contributed by atoms with Crippen LogP contribution in [0, 0.1) is 5.92 Å². The maximum Gasteiger partial charge on any atom is 0.253 e. The Bertz CT molecular complexity index is 526. The van der Waals surface area contributed by atoms with E-state index in [9.17, 15) is 9.59 Å². The van der Waals surface area contributed by atoms with E-state index in [-0.39, 0.29) is 24.2 Å². The van der Waals surface area contributed by atoms with Crippen LogP contribution in [-0.4, -0.2) is 42.9 Å². The molecule has 0 spiro atoms. The highest BCUT2D eigenvalue weighted by molar-refractivity contribution is 5.97. The van der Waals surface area contributed by atoms with Gasteiger partial charge in [0.25, 0.3) is 5.91 Å². The van der Waals surface area contributed by atoms with Crippen LogP contribution < -0.4 is 10.6 Å². The molecule has 1 aromatic carbocycles. The van der Waals surface area contributed by atoms with E-state index < -0.39 is 0 Å². The third kappa shape index (κ3) is 5.52. The molecule has 1 unspecified atom stereocenters. The Morgan fingerprint density at radius 3 is 2.65 bits per heavy atom. The zero-order valence-electron chi connectivity index (χ0n) is 13.8. The third-order valence-corrected chi connectivity index (χ3v) is 4.08. The van der Waals surface area contributed by atoms with Gasteiger partial charge in [-0.15, -0.1) is 12.4 Å². The molecule has 5 nitrogen and oxygen atoms in total. The van der Waals surface area contributed by atoms with Crippen LogP contribution in [-0.2, 0) is 4.79 Å². The molecule has 0 aromatic heterocycles. The number of anilines is 1. The molecule has 23 heavy (non-hydrogen) atoms. The molecule has 2 N–H and O–H groups in total. The van der Waals surface area contributed by atoms with E-state index in [4.69, 9.17) is 0 Å². The molecule has 1 fully saturated rings. The van der Waals surface area contributed by atoms with Crippen molar-refractivity contribution in [2.24, 2.45) is 5.92 Å². The quantitative estimate of drug-likeness (QED) is 0.837. The normalized spacial score (nSPS) is 16.5. The van der Waals surface area contributed by atoms with Gasteiger partial charge < -0.3 is 15.5 Å². The number of hydrogen-bond acceptors (Lipinski definition) is 3. The summed E-state index contributed by atoms with van der Waals surface area (Å²) in [5.41, 5.74) is 1.30. The minimum absolute atomic E-state index is 0. The monoisotopic (exact) mass is 339 g/mol. The average molecular weight is 340 g/mol. The van der Waals surface area contributed by atoms with Gasteiger partial charge >= 0.3 is 0 Å². The second-order valence-corrected chi connectivity index (χ2v) is 5.67. The molecule has 1 saturated heterocycles. The molecular formula is C17H26ClN3O2. The van der Waals surface area contributed by atoms with Crippen LogP contribution in [0.4, 0.5) is 5.69 Å². The van der Waals surface area contributed by atoms with E-state index in [0.717, 1.165) is 19.5 Å². The molecule has 1 heterocycles. The molecule has 6 heteroatoms. The fourth-order valence-electron chi connectivity index (χ4n) is 2.79. The fourth-order valence-corrected chi connectivity index (χ4v) is 2.79. The number of rotatable bonds is 6. The van der Waals surface area contributed by atoms with Crippen LogP contribution in [0.1, 0.15) is 37.0 Å². The standard InChI is InChI=1S/C17H25N3O2.ClH/c1-3-20(4-2)17(22)14-6-5-7-15(11-14)19-16(21)10-13-8-9-18-12-13;/h5-7,11,13,18H,3-4,8-10,12H2,1-2H3,(H,19,21);1H. The highest BCUT2D eigenvalue weighted by Crippen LogP contribution is 2.16. The topological polar surface area (TPSA) is 61.4 Å². The Morgan fingerprint density at radius 2 is 2.04 bits per heavy atom. The summed E-state index contributed by atoms with van der Waals surface area (Å²) in [6, 6.07) is 7.18. The van der Waals surface area contributed by atoms with E-state index in [1.54, 1.807) is 17.0 Å². The second kappa shape index (κ2) is 9.53. The van der Waals surface area contributed by atoms with Crippen LogP contribution >= 0.6 is 12.4 Å². The van der Waals surface area contributed by atoms with Crippen molar-refractivity contribution in [3.8, 4) is 0 Å². The van der Waals surface area contributed by atoms with Gasteiger partial charge in [-0.1, -0.05) is 6.07 Å². The molecule has 1 aromatic rings. The molecule has 0 saturated carbocycles. The first-order chi connectivity index (χ1) is 10.6. The van der Waals surface area contributed by atoms with E-state index in [1.165, 1.54) is 0 Å². The van der Waals surface area contributed by atoms with Gasteiger partial charge in [-0.25, -0.2) is 0 Å². The lowest BCUT2D eigenvalue weighted by Gasteiger charge is -2.19. The van der Waals surface area contributed by atoms with Crippen molar-refractivity contribution < 1.29 is 9.59 Å². The first kappa shape index (κ1) is 19.5. The Hall–Kier alpha value is -1.59. The number of carbonyl (C=O) groups excluding carboxylic acids is 2. The number of nitrogens with zero attached hydrogens (tertiary/aromatic N) is 1. The van der Waals surface area contributed by atoms with Gasteiger partial charge in [0.2, 0.25) is 5.91 Å². The minimum Gasteiger partial charge on any atom is -0.339 e.